The van der Waals surface area contributed by atoms with Gasteiger partial charge in [-0.1, -0.05) is 22.0 Å². The van der Waals surface area contributed by atoms with Crippen molar-refractivity contribution in [2.75, 3.05) is 18.4 Å². The fourth-order valence-electron chi connectivity index (χ4n) is 3.81. The van der Waals surface area contributed by atoms with Gasteiger partial charge in [-0.25, -0.2) is 4.98 Å². The van der Waals surface area contributed by atoms with Gasteiger partial charge < -0.3 is 10.6 Å². The van der Waals surface area contributed by atoms with E-state index in [9.17, 15) is 22.8 Å². The Labute approximate surface area is 205 Å². The van der Waals surface area contributed by atoms with Crippen molar-refractivity contribution in [1.82, 2.24) is 15.2 Å². The fraction of sp³-hybridized carbons (Fsp3) is 0.458. The third-order valence-electron chi connectivity index (χ3n) is 5.35. The van der Waals surface area contributed by atoms with Crippen molar-refractivity contribution in [2.45, 2.75) is 51.9 Å². The maximum Gasteiger partial charge on any atom is 0.433 e. The van der Waals surface area contributed by atoms with Gasteiger partial charge in [0.15, 0.2) is 0 Å². The first-order chi connectivity index (χ1) is 15.8. The van der Waals surface area contributed by atoms with Crippen molar-refractivity contribution >= 4 is 33.4 Å². The molecule has 2 aromatic rings. The number of amides is 2. The van der Waals surface area contributed by atoms with E-state index in [-0.39, 0.29) is 23.1 Å². The number of aromatic nitrogens is 1. The lowest BCUT2D eigenvalue weighted by Gasteiger charge is -2.33. The van der Waals surface area contributed by atoms with E-state index in [4.69, 9.17) is 0 Å². The SMILES string of the molecule is CC(C)(C)NC(=O)C1CCN(Cc2cc(Br)cc(NC(=O)c3cccc(C(F)(F)F)n3)c2)CC1. The standard InChI is InChI=1S/C24H28BrF3N4O2/c1-23(2,3)31-21(33)16-7-9-32(10-8-16)14-15-11-17(25)13-18(12-15)29-22(34)19-5-4-6-20(30-19)24(26,27)28/h4-6,11-13,16H,7-10,14H2,1-3H3,(H,29,34)(H,31,33). The largest absolute Gasteiger partial charge is 0.433 e. The maximum atomic E-state index is 12.9. The van der Waals surface area contributed by atoms with E-state index in [0.717, 1.165) is 48.1 Å². The van der Waals surface area contributed by atoms with Crippen LogP contribution < -0.4 is 10.6 Å². The first-order valence-corrected chi connectivity index (χ1v) is 11.8. The lowest BCUT2D eigenvalue weighted by molar-refractivity contribution is -0.141. The second-order valence-electron chi connectivity index (χ2n) is 9.50. The molecule has 0 radical (unpaired) electrons. The van der Waals surface area contributed by atoms with Crippen LogP contribution in [0.15, 0.2) is 40.9 Å². The van der Waals surface area contributed by atoms with Crippen LogP contribution in [0, 0.1) is 5.92 Å². The van der Waals surface area contributed by atoms with Crippen LogP contribution in [0.1, 0.15) is 55.4 Å². The summed E-state index contributed by atoms with van der Waals surface area (Å²) in [6.07, 6.45) is -3.10. The zero-order valence-electron chi connectivity index (χ0n) is 19.3. The number of alkyl halides is 3. The average molecular weight is 541 g/mol. The number of hydrogen-bond donors (Lipinski definition) is 2. The monoisotopic (exact) mass is 540 g/mol. The van der Waals surface area contributed by atoms with E-state index in [1.54, 1.807) is 12.1 Å². The molecular weight excluding hydrogens is 513 g/mol. The second kappa shape index (κ2) is 10.4. The lowest BCUT2D eigenvalue weighted by Crippen LogP contribution is -2.46. The first-order valence-electron chi connectivity index (χ1n) is 11.0. The molecule has 10 heteroatoms. The van der Waals surface area contributed by atoms with Gasteiger partial charge in [0.1, 0.15) is 11.4 Å². The molecule has 6 nitrogen and oxygen atoms in total. The number of carbonyl (C=O) groups is 2. The summed E-state index contributed by atoms with van der Waals surface area (Å²) in [5, 5.41) is 5.67. The van der Waals surface area contributed by atoms with Gasteiger partial charge in [0.2, 0.25) is 5.91 Å². The topological polar surface area (TPSA) is 74.3 Å². The molecule has 0 saturated carbocycles. The van der Waals surface area contributed by atoms with Gasteiger partial charge in [0, 0.05) is 28.2 Å². The summed E-state index contributed by atoms with van der Waals surface area (Å²) in [4.78, 5) is 30.6. The number of anilines is 1. The molecule has 0 spiro atoms. The Kier molecular flexibility index (Phi) is 8.02. The molecule has 1 aliphatic rings. The quantitative estimate of drug-likeness (QED) is 0.543. The minimum atomic E-state index is -4.62. The molecular formula is C24H28BrF3N4O2. The van der Waals surface area contributed by atoms with Crippen LogP contribution in [0.2, 0.25) is 0 Å². The third kappa shape index (κ3) is 7.53. The van der Waals surface area contributed by atoms with Gasteiger partial charge in [-0.3, -0.25) is 14.5 Å². The summed E-state index contributed by atoms with van der Waals surface area (Å²) >= 11 is 3.43. The third-order valence-corrected chi connectivity index (χ3v) is 5.81. The van der Waals surface area contributed by atoms with Crippen LogP contribution in [0.25, 0.3) is 0 Å². The van der Waals surface area contributed by atoms with Crippen molar-refractivity contribution in [2.24, 2.45) is 5.92 Å². The molecule has 0 aliphatic carbocycles. The smallest absolute Gasteiger partial charge is 0.351 e. The molecule has 34 heavy (non-hydrogen) atoms. The van der Waals surface area contributed by atoms with E-state index in [2.05, 4.69) is 36.4 Å². The summed E-state index contributed by atoms with van der Waals surface area (Å²) in [5.74, 6) is -0.642. The number of halogens is 4. The minimum Gasteiger partial charge on any atom is -0.351 e. The van der Waals surface area contributed by atoms with Crippen LogP contribution in [0.3, 0.4) is 0 Å². The average Bonchev–Trinajstić information content (AvgIpc) is 2.72. The number of rotatable bonds is 5. The molecule has 2 amide bonds. The van der Waals surface area contributed by atoms with Gasteiger partial charge in [0.05, 0.1) is 0 Å². The van der Waals surface area contributed by atoms with E-state index in [1.165, 1.54) is 6.07 Å². The van der Waals surface area contributed by atoms with Gasteiger partial charge >= 0.3 is 6.18 Å². The Morgan fingerprint density at radius 1 is 1.12 bits per heavy atom. The first kappa shape index (κ1) is 26.2. The number of hydrogen-bond acceptors (Lipinski definition) is 4. The fourth-order valence-corrected chi connectivity index (χ4v) is 4.35. The summed E-state index contributed by atoms with van der Waals surface area (Å²) in [6.45, 7) is 8.05. The molecule has 0 atom stereocenters. The maximum absolute atomic E-state index is 12.9. The molecule has 1 aromatic heterocycles. The second-order valence-corrected chi connectivity index (χ2v) is 10.4. The van der Waals surface area contributed by atoms with Crippen LogP contribution in [0.5, 0.6) is 0 Å². The highest BCUT2D eigenvalue weighted by Gasteiger charge is 2.33. The summed E-state index contributed by atoms with van der Waals surface area (Å²) in [5.41, 5.74) is -0.302. The van der Waals surface area contributed by atoms with E-state index in [1.807, 2.05) is 26.8 Å². The Balaban J connectivity index is 1.62. The van der Waals surface area contributed by atoms with Gasteiger partial charge in [-0.05, 0) is 82.6 Å². The van der Waals surface area contributed by atoms with Gasteiger partial charge in [-0.15, -0.1) is 0 Å². The highest BCUT2D eigenvalue weighted by molar-refractivity contribution is 9.10. The molecule has 1 aromatic carbocycles. The van der Waals surface area contributed by atoms with Crippen molar-refractivity contribution in [3.8, 4) is 0 Å². The predicted octanol–water partition coefficient (Wildman–Crippen LogP) is 5.24. The Morgan fingerprint density at radius 3 is 2.41 bits per heavy atom. The highest BCUT2D eigenvalue weighted by Crippen LogP contribution is 2.28. The Hall–Kier alpha value is -2.46. The molecule has 0 unspecified atom stereocenters. The Bertz CT molecular complexity index is 1050. The number of piperidine rings is 1. The highest BCUT2D eigenvalue weighted by atomic mass is 79.9. The van der Waals surface area contributed by atoms with Crippen LogP contribution in [-0.4, -0.2) is 40.3 Å². The van der Waals surface area contributed by atoms with Crippen molar-refractivity contribution in [3.05, 3.63) is 57.8 Å². The number of likely N-dealkylation sites (tertiary alicyclic amines) is 1. The summed E-state index contributed by atoms with van der Waals surface area (Å²) in [7, 11) is 0. The number of benzene rings is 1. The molecule has 2 heterocycles. The zero-order valence-corrected chi connectivity index (χ0v) is 20.9. The molecule has 2 N–H and O–H groups in total. The molecule has 1 fully saturated rings. The van der Waals surface area contributed by atoms with Gasteiger partial charge in [0.25, 0.3) is 5.91 Å². The van der Waals surface area contributed by atoms with Crippen LogP contribution >= 0.6 is 15.9 Å². The van der Waals surface area contributed by atoms with E-state index >= 15 is 0 Å². The van der Waals surface area contributed by atoms with Crippen LogP contribution in [-0.2, 0) is 17.5 Å². The number of pyridine rings is 1. The van der Waals surface area contributed by atoms with Crippen molar-refractivity contribution in [3.63, 3.8) is 0 Å². The predicted molar refractivity (Wildman–Crippen MR) is 127 cm³/mol. The normalized spacial score (nSPS) is 15.7. The van der Waals surface area contributed by atoms with E-state index in [0.29, 0.717) is 12.2 Å². The summed E-state index contributed by atoms with van der Waals surface area (Å²) in [6, 6.07) is 8.61. The molecule has 1 aliphatic heterocycles. The molecule has 0 bridgehead atoms. The number of nitrogens with zero attached hydrogens (tertiary/aromatic N) is 2. The number of carbonyl (C=O) groups excluding carboxylic acids is 2. The molecule has 3 rings (SSSR count). The molecule has 184 valence electrons. The number of nitrogens with one attached hydrogen (secondary N) is 2. The van der Waals surface area contributed by atoms with Gasteiger partial charge in [-0.2, -0.15) is 13.2 Å². The molecule has 1 saturated heterocycles. The Morgan fingerprint density at radius 2 is 1.79 bits per heavy atom. The zero-order chi connectivity index (χ0) is 25.1. The lowest BCUT2D eigenvalue weighted by atomic mass is 9.94. The van der Waals surface area contributed by atoms with E-state index < -0.39 is 17.8 Å². The minimum absolute atomic E-state index is 0.00667. The van der Waals surface area contributed by atoms with Crippen molar-refractivity contribution < 1.29 is 22.8 Å². The summed E-state index contributed by atoms with van der Waals surface area (Å²) < 4.78 is 39.4. The van der Waals surface area contributed by atoms with Crippen LogP contribution in [0.4, 0.5) is 18.9 Å². The van der Waals surface area contributed by atoms with Crippen molar-refractivity contribution in [1.29, 1.82) is 0 Å².